The van der Waals surface area contributed by atoms with Crippen LogP contribution in [0.1, 0.15) is 27.4 Å². The van der Waals surface area contributed by atoms with E-state index >= 15 is 4.39 Å². The lowest BCUT2D eigenvalue weighted by Crippen LogP contribution is -2.44. The molecule has 3 aromatic rings. The molecule has 0 amide bonds. The second-order valence-electron chi connectivity index (χ2n) is 8.04. The maximum Gasteiger partial charge on any atom is 0.185 e. The zero-order chi connectivity index (χ0) is 22.3. The number of fused-ring (bicyclic) bond motifs is 3. The molecular formula is C27H18FN3O. The van der Waals surface area contributed by atoms with Gasteiger partial charge in [0.25, 0.3) is 0 Å². The van der Waals surface area contributed by atoms with E-state index < -0.39 is 29.2 Å². The highest BCUT2D eigenvalue weighted by Crippen LogP contribution is 2.55. The summed E-state index contributed by atoms with van der Waals surface area (Å²) in [4.78, 5) is 15.8. The zero-order valence-electron chi connectivity index (χ0n) is 17.0. The fourth-order valence-corrected chi connectivity index (χ4v) is 5.08. The highest BCUT2D eigenvalue weighted by atomic mass is 19.1. The van der Waals surface area contributed by atoms with Crippen LogP contribution < -0.4 is 4.90 Å². The molecule has 154 valence electrons. The molecule has 2 aliphatic rings. The molecule has 1 saturated heterocycles. The summed E-state index contributed by atoms with van der Waals surface area (Å²) in [5, 5.41) is 20.7. The first kappa shape index (κ1) is 19.7. The van der Waals surface area contributed by atoms with Gasteiger partial charge in [-0.3, -0.25) is 4.79 Å². The van der Waals surface area contributed by atoms with Crippen LogP contribution in [0.4, 0.5) is 10.1 Å². The van der Waals surface area contributed by atoms with Crippen LogP contribution in [0.2, 0.25) is 0 Å². The van der Waals surface area contributed by atoms with E-state index in [-0.39, 0.29) is 11.3 Å². The molecule has 5 rings (SSSR count). The fraction of sp³-hybridized carbons (Fsp3) is 0.148. The van der Waals surface area contributed by atoms with Crippen molar-refractivity contribution >= 4 is 17.5 Å². The fourth-order valence-electron chi connectivity index (χ4n) is 5.08. The number of anilines is 1. The molecule has 0 unspecified atom stereocenters. The number of ketones is 1. The first-order valence-electron chi connectivity index (χ1n) is 10.3. The van der Waals surface area contributed by atoms with Crippen molar-refractivity contribution in [3.8, 4) is 12.1 Å². The quantitative estimate of drug-likeness (QED) is 0.553. The zero-order valence-corrected chi connectivity index (χ0v) is 17.0. The largest absolute Gasteiger partial charge is 0.351 e. The van der Waals surface area contributed by atoms with Crippen molar-refractivity contribution in [1.29, 1.82) is 10.5 Å². The van der Waals surface area contributed by atoms with Crippen LogP contribution >= 0.6 is 0 Å². The molecule has 0 spiro atoms. The summed E-state index contributed by atoms with van der Waals surface area (Å²) in [7, 11) is 0. The van der Waals surface area contributed by atoms with Crippen LogP contribution in [0.15, 0.2) is 84.9 Å². The van der Waals surface area contributed by atoms with E-state index in [4.69, 9.17) is 0 Å². The number of benzene rings is 3. The minimum atomic E-state index is -1.65. The van der Waals surface area contributed by atoms with E-state index in [9.17, 15) is 15.3 Å². The van der Waals surface area contributed by atoms with Crippen molar-refractivity contribution in [2.24, 2.45) is 5.41 Å². The third kappa shape index (κ3) is 2.69. The molecule has 0 aliphatic carbocycles. The third-order valence-corrected chi connectivity index (χ3v) is 6.48. The molecular weight excluding hydrogens is 401 g/mol. The number of carbonyl (C=O) groups excluding carboxylic acids is 1. The maximum atomic E-state index is 15.1. The van der Waals surface area contributed by atoms with Crippen LogP contribution in [0.25, 0.3) is 6.08 Å². The smallest absolute Gasteiger partial charge is 0.185 e. The van der Waals surface area contributed by atoms with Crippen molar-refractivity contribution in [2.75, 3.05) is 4.90 Å². The summed E-state index contributed by atoms with van der Waals surface area (Å²) in [6.07, 6.45) is 3.66. The molecule has 3 aromatic carbocycles. The van der Waals surface area contributed by atoms with Crippen molar-refractivity contribution in [2.45, 2.75) is 18.0 Å². The number of halogens is 1. The Balaban J connectivity index is 1.81. The highest BCUT2D eigenvalue weighted by Gasteiger charge is 2.63. The average Bonchev–Trinajstić information content (AvgIpc) is 3.15. The number of nitriles is 2. The summed E-state index contributed by atoms with van der Waals surface area (Å²) in [5.41, 5.74) is 0.638. The van der Waals surface area contributed by atoms with Crippen LogP contribution in [-0.2, 0) is 0 Å². The Kier molecular flexibility index (Phi) is 4.61. The van der Waals surface area contributed by atoms with E-state index in [1.54, 1.807) is 48.5 Å². The summed E-state index contributed by atoms with van der Waals surface area (Å²) in [6, 6.07) is 25.2. The van der Waals surface area contributed by atoms with Crippen LogP contribution in [0, 0.1) is 33.9 Å². The number of carbonyl (C=O) groups is 1. The molecule has 0 saturated carbocycles. The van der Waals surface area contributed by atoms with Gasteiger partial charge in [0.2, 0.25) is 0 Å². The SMILES string of the molecule is N#CC1(C#N)[C@@H]2C=Cc3ccccc3N2[C@@H](C(=O)c2ccccc2)[C@@H]1c1ccccc1F. The number of rotatable bonds is 3. The molecule has 32 heavy (non-hydrogen) atoms. The van der Waals surface area contributed by atoms with Crippen molar-refractivity contribution in [3.63, 3.8) is 0 Å². The molecule has 0 aromatic heterocycles. The number of nitrogens with zero attached hydrogens (tertiary/aromatic N) is 3. The van der Waals surface area contributed by atoms with Crippen molar-refractivity contribution < 1.29 is 9.18 Å². The minimum Gasteiger partial charge on any atom is -0.351 e. The Bertz CT molecular complexity index is 1300. The van der Waals surface area contributed by atoms with Gasteiger partial charge < -0.3 is 4.90 Å². The minimum absolute atomic E-state index is 0.199. The molecule has 0 radical (unpaired) electrons. The Morgan fingerprint density at radius 3 is 2.28 bits per heavy atom. The van der Waals surface area contributed by atoms with Crippen molar-refractivity contribution in [3.05, 3.63) is 107 Å². The number of hydrogen-bond acceptors (Lipinski definition) is 4. The number of para-hydroxylation sites is 1. The monoisotopic (exact) mass is 419 g/mol. The Hall–Kier alpha value is -4.22. The van der Waals surface area contributed by atoms with Gasteiger partial charge in [0.1, 0.15) is 11.9 Å². The van der Waals surface area contributed by atoms with Gasteiger partial charge in [0.15, 0.2) is 11.2 Å². The summed E-state index contributed by atoms with van der Waals surface area (Å²) in [5.74, 6) is -1.76. The maximum absolute atomic E-state index is 15.1. The molecule has 4 nitrogen and oxygen atoms in total. The lowest BCUT2D eigenvalue weighted by Gasteiger charge is -2.35. The van der Waals surface area contributed by atoms with Crippen LogP contribution in [0.3, 0.4) is 0 Å². The predicted octanol–water partition coefficient (Wildman–Crippen LogP) is 5.11. The lowest BCUT2D eigenvalue weighted by molar-refractivity contribution is 0.0950. The van der Waals surface area contributed by atoms with Gasteiger partial charge in [0.05, 0.1) is 18.2 Å². The second kappa shape index (κ2) is 7.48. The summed E-state index contributed by atoms with van der Waals surface area (Å²) in [6.45, 7) is 0. The first-order valence-corrected chi connectivity index (χ1v) is 10.3. The Morgan fingerprint density at radius 1 is 0.906 bits per heavy atom. The topological polar surface area (TPSA) is 67.9 Å². The molecule has 1 fully saturated rings. The van der Waals surface area contributed by atoms with Crippen molar-refractivity contribution in [1.82, 2.24) is 0 Å². The lowest BCUT2D eigenvalue weighted by atomic mass is 9.69. The van der Waals surface area contributed by atoms with E-state index in [1.165, 1.54) is 6.07 Å². The molecule has 0 bridgehead atoms. The molecule has 0 N–H and O–H groups in total. The average molecular weight is 419 g/mol. The number of Topliss-reactive ketones (excluding diaryl/α,β-unsaturated/α-hetero) is 1. The van der Waals surface area contributed by atoms with Gasteiger partial charge in [-0.15, -0.1) is 0 Å². The van der Waals surface area contributed by atoms with Gasteiger partial charge >= 0.3 is 0 Å². The van der Waals surface area contributed by atoms with Crippen LogP contribution in [-0.4, -0.2) is 17.9 Å². The van der Waals surface area contributed by atoms with E-state index in [0.29, 0.717) is 5.56 Å². The van der Waals surface area contributed by atoms with Gasteiger partial charge in [-0.05, 0) is 23.3 Å². The first-order chi connectivity index (χ1) is 15.6. The van der Waals surface area contributed by atoms with E-state index in [0.717, 1.165) is 11.3 Å². The van der Waals surface area contributed by atoms with E-state index in [2.05, 4.69) is 12.1 Å². The molecule has 2 aliphatic heterocycles. The van der Waals surface area contributed by atoms with Gasteiger partial charge in [0, 0.05) is 17.2 Å². The Morgan fingerprint density at radius 2 is 1.56 bits per heavy atom. The number of hydrogen-bond donors (Lipinski definition) is 0. The normalized spacial score (nSPS) is 22.3. The predicted molar refractivity (Wildman–Crippen MR) is 119 cm³/mol. The summed E-state index contributed by atoms with van der Waals surface area (Å²) >= 11 is 0. The van der Waals surface area contributed by atoms with E-state index in [1.807, 2.05) is 41.3 Å². The standard InChI is InChI=1S/C27H18FN3O/c28-21-12-6-5-11-20(21)24-25(26(32)19-9-2-1-3-10-19)31-22-13-7-4-8-18(22)14-15-23(31)27(24,16-29)17-30/h1-15,23-25H/t23-,24-,25+/m0/s1. The van der Waals surface area contributed by atoms with Crippen LogP contribution in [0.5, 0.6) is 0 Å². The Labute approximate surface area is 185 Å². The van der Waals surface area contributed by atoms with Gasteiger partial charge in [-0.25, -0.2) is 4.39 Å². The van der Waals surface area contributed by atoms with Gasteiger partial charge in [-0.1, -0.05) is 78.9 Å². The third-order valence-electron chi connectivity index (χ3n) is 6.48. The molecule has 3 atom stereocenters. The highest BCUT2D eigenvalue weighted by molar-refractivity contribution is 6.04. The summed E-state index contributed by atoms with van der Waals surface area (Å²) < 4.78 is 15.1. The second-order valence-corrected chi connectivity index (χ2v) is 8.04. The molecule has 2 heterocycles. The van der Waals surface area contributed by atoms with Gasteiger partial charge in [-0.2, -0.15) is 10.5 Å². The molecule has 5 heteroatoms.